The molecule has 2 atom stereocenters. The van der Waals surface area contributed by atoms with E-state index >= 15 is 0 Å². The van der Waals surface area contributed by atoms with Crippen molar-refractivity contribution in [2.24, 2.45) is 0 Å². The third-order valence-electron chi connectivity index (χ3n) is 7.39. The van der Waals surface area contributed by atoms with Gasteiger partial charge in [-0.2, -0.15) is 10.5 Å². The maximum absolute atomic E-state index is 10.0. The van der Waals surface area contributed by atoms with Gasteiger partial charge in [0, 0.05) is 39.8 Å². The predicted molar refractivity (Wildman–Crippen MR) is 164 cm³/mol. The number of nitrogens with zero attached hydrogens (tertiary/aromatic N) is 4. The van der Waals surface area contributed by atoms with Crippen LogP contribution in [0, 0.1) is 22.7 Å². The van der Waals surface area contributed by atoms with Crippen LogP contribution in [0.15, 0.2) is 72.0 Å². The smallest absolute Gasteiger partial charge is 0.120 e. The van der Waals surface area contributed by atoms with Crippen molar-refractivity contribution in [3.63, 3.8) is 0 Å². The van der Waals surface area contributed by atoms with E-state index in [1.807, 2.05) is 35.5 Å². The van der Waals surface area contributed by atoms with E-state index in [0.29, 0.717) is 50.2 Å². The van der Waals surface area contributed by atoms with Gasteiger partial charge in [0.2, 0.25) is 0 Å². The Hall–Kier alpha value is -4.22. The fourth-order valence-electron chi connectivity index (χ4n) is 5.02. The molecule has 1 unspecified atom stereocenters. The van der Waals surface area contributed by atoms with Gasteiger partial charge in [-0.1, -0.05) is 48.9 Å². The predicted octanol–water partition coefficient (Wildman–Crippen LogP) is 6.02. The van der Waals surface area contributed by atoms with E-state index in [0.717, 1.165) is 29.7 Å². The van der Waals surface area contributed by atoms with Crippen LogP contribution in [0.3, 0.4) is 0 Å². The second-order valence-corrected chi connectivity index (χ2v) is 11.5. The van der Waals surface area contributed by atoms with Gasteiger partial charge < -0.3 is 16.1 Å². The fourth-order valence-corrected chi connectivity index (χ4v) is 6.21. The largest absolute Gasteiger partial charge is 0.378 e. The second kappa shape index (κ2) is 11.0. The Balaban J connectivity index is 1.44. The molecule has 0 amide bonds. The van der Waals surface area contributed by atoms with Crippen LogP contribution in [0.25, 0.3) is 10.9 Å². The quantitative estimate of drug-likeness (QED) is 0.179. The van der Waals surface area contributed by atoms with Crippen molar-refractivity contribution >= 4 is 53.1 Å². The number of hydrogen-bond donors (Lipinski definition) is 4. The van der Waals surface area contributed by atoms with Gasteiger partial charge in [0.25, 0.3) is 0 Å². The minimum atomic E-state index is -1.21. The van der Waals surface area contributed by atoms with Crippen molar-refractivity contribution in [3.8, 4) is 12.1 Å². The summed E-state index contributed by atoms with van der Waals surface area (Å²) in [6, 6.07) is 20.5. The summed E-state index contributed by atoms with van der Waals surface area (Å²) in [5, 5.41) is 31.5. The number of hydrogen-bond acceptors (Lipinski definition) is 9. The molecule has 41 heavy (non-hydrogen) atoms. The minimum absolute atomic E-state index is 0.0271. The van der Waals surface area contributed by atoms with Crippen molar-refractivity contribution in [3.05, 3.63) is 98.6 Å². The number of halogens is 1. The van der Waals surface area contributed by atoms with E-state index in [1.54, 1.807) is 23.7 Å². The van der Waals surface area contributed by atoms with Crippen LogP contribution >= 0.6 is 22.9 Å². The number of rotatable bonds is 9. The van der Waals surface area contributed by atoms with Gasteiger partial charge >= 0.3 is 0 Å². The zero-order chi connectivity index (χ0) is 28.6. The molecule has 11 heteroatoms. The molecule has 2 radical (unpaired) electrons. The van der Waals surface area contributed by atoms with Gasteiger partial charge in [-0.3, -0.25) is 9.99 Å². The van der Waals surface area contributed by atoms with E-state index in [1.165, 1.54) is 11.3 Å². The first-order chi connectivity index (χ1) is 19.9. The molecule has 3 heterocycles. The maximum atomic E-state index is 10.0. The molecule has 1 aliphatic heterocycles. The molecule has 0 spiro atoms. The van der Waals surface area contributed by atoms with Gasteiger partial charge in [-0.25, -0.2) is 0 Å². The van der Waals surface area contributed by atoms with Crippen molar-refractivity contribution in [1.29, 1.82) is 10.5 Å². The van der Waals surface area contributed by atoms with E-state index < -0.39 is 5.44 Å². The third-order valence-corrected chi connectivity index (χ3v) is 8.74. The fraction of sp³-hybridized carbons (Fsp3) is 0.233. The highest BCUT2D eigenvalue weighted by atomic mass is 35.5. The average molecular weight is 577 g/mol. The zero-order valence-corrected chi connectivity index (χ0v) is 23.9. The number of nitriles is 2. The number of thiophene rings is 1. The van der Waals surface area contributed by atoms with E-state index in [-0.39, 0.29) is 6.04 Å². The van der Waals surface area contributed by atoms with Crippen LogP contribution in [0.1, 0.15) is 53.8 Å². The second-order valence-electron chi connectivity index (χ2n) is 10.2. The van der Waals surface area contributed by atoms with Gasteiger partial charge in [0.05, 0.1) is 44.5 Å². The Bertz CT molecular complexity index is 1720. The molecule has 4 N–H and O–H groups in total. The number of benzene rings is 2. The molecule has 0 saturated heterocycles. The summed E-state index contributed by atoms with van der Waals surface area (Å²) >= 11 is 8.21. The summed E-state index contributed by atoms with van der Waals surface area (Å²) in [5.41, 5.74) is 9.83. The van der Waals surface area contributed by atoms with Gasteiger partial charge in [0.1, 0.15) is 20.0 Å². The van der Waals surface area contributed by atoms with Crippen LogP contribution in [-0.4, -0.2) is 23.9 Å². The molecule has 1 saturated carbocycles. The molecule has 1 aliphatic carbocycles. The monoisotopic (exact) mass is 576 g/mol. The lowest BCUT2D eigenvalue weighted by Crippen LogP contribution is -2.45. The summed E-state index contributed by atoms with van der Waals surface area (Å²) in [5.74, 6) is 0. The number of nitrogens with one attached hydrogen (secondary N) is 4. The van der Waals surface area contributed by atoms with Crippen LogP contribution in [0.5, 0.6) is 0 Å². The van der Waals surface area contributed by atoms with Crippen LogP contribution in [0.2, 0.25) is 5.02 Å². The molecule has 6 rings (SSSR count). The molecule has 2 aromatic heterocycles. The van der Waals surface area contributed by atoms with Crippen LogP contribution in [0.4, 0.5) is 11.4 Å². The normalized spacial score (nSPS) is 16.7. The molecule has 2 aromatic carbocycles. The zero-order valence-electron chi connectivity index (χ0n) is 22.3. The topological polar surface area (TPSA) is 112 Å². The van der Waals surface area contributed by atoms with E-state index in [9.17, 15) is 10.5 Å². The van der Waals surface area contributed by atoms with Crippen LogP contribution in [-0.2, 0) is 5.44 Å². The number of anilines is 2. The van der Waals surface area contributed by atoms with Crippen molar-refractivity contribution in [2.75, 3.05) is 10.6 Å². The highest BCUT2D eigenvalue weighted by Gasteiger charge is 2.38. The van der Waals surface area contributed by atoms with E-state index in [2.05, 4.69) is 57.8 Å². The maximum Gasteiger partial charge on any atom is 0.120 e. The molecule has 0 bridgehead atoms. The van der Waals surface area contributed by atoms with Crippen molar-refractivity contribution in [1.82, 2.24) is 21.0 Å². The lowest BCUT2D eigenvalue weighted by molar-refractivity contribution is 0.260. The molecular formula is C30H26BClN8S. The number of aromatic nitrogens is 1. The van der Waals surface area contributed by atoms with Crippen molar-refractivity contribution in [2.45, 2.75) is 43.7 Å². The Morgan fingerprint density at radius 1 is 1.22 bits per heavy atom. The number of fused-ring (bicyclic) bond motifs is 1. The van der Waals surface area contributed by atoms with Crippen LogP contribution < -0.4 is 21.6 Å². The molecule has 4 aromatic rings. The average Bonchev–Trinajstić information content (AvgIpc) is 3.50. The molecule has 2 aliphatic rings. The molecule has 202 valence electrons. The first-order valence-corrected chi connectivity index (χ1v) is 14.6. The first-order valence-electron chi connectivity index (χ1n) is 13.4. The van der Waals surface area contributed by atoms with Crippen molar-refractivity contribution < 1.29 is 0 Å². The Morgan fingerprint density at radius 2 is 2.02 bits per heavy atom. The number of hydrazine groups is 2. The molecule has 8 nitrogen and oxygen atoms in total. The summed E-state index contributed by atoms with van der Waals surface area (Å²) in [7, 11) is 7.14. The van der Waals surface area contributed by atoms with Gasteiger partial charge in [-0.15, -0.1) is 16.9 Å². The summed E-state index contributed by atoms with van der Waals surface area (Å²) < 4.78 is 0. The summed E-state index contributed by atoms with van der Waals surface area (Å²) in [6.45, 7) is 2.10. The molecule has 1 fully saturated rings. The summed E-state index contributed by atoms with van der Waals surface area (Å²) in [6.07, 6.45) is 6.53. The Morgan fingerprint density at radius 3 is 2.71 bits per heavy atom. The highest BCUT2D eigenvalue weighted by Crippen LogP contribution is 2.40. The molecular weight excluding hydrogens is 551 g/mol. The third kappa shape index (κ3) is 5.18. The Labute approximate surface area is 249 Å². The lowest BCUT2D eigenvalue weighted by Gasteiger charge is -2.33. The van der Waals surface area contributed by atoms with E-state index in [4.69, 9.17) is 19.4 Å². The Kier molecular flexibility index (Phi) is 7.23. The SMILES string of the molecule is [B]C(Nc1cc(Cl)c2ncc(C#N)c(N[C@H](CC)c3ccccc3)c2c1)(C1=CN(C2CC2)NN1)c1cc(C#N)cs1. The highest BCUT2D eigenvalue weighted by molar-refractivity contribution is 7.10. The van der Waals surface area contributed by atoms with Gasteiger partial charge in [0.15, 0.2) is 0 Å². The lowest BCUT2D eigenvalue weighted by atomic mass is 9.73. The summed E-state index contributed by atoms with van der Waals surface area (Å²) in [4.78, 5) is 5.26. The minimum Gasteiger partial charge on any atom is -0.378 e. The van der Waals surface area contributed by atoms with Gasteiger partial charge in [-0.05, 0) is 43.0 Å². The number of pyridine rings is 1. The standard InChI is InChI=1S/C30H26BClN8S/c1-2-25(19-6-4-3-5-7-19)36-28-20(14-34)15-35-29-23(28)11-21(12-24(29)32)37-30(31,27-10-18(13-33)17-41-27)26-16-40(39-38-26)22-8-9-22/h3-7,10-12,15-17,22,25,37-39H,2,8-9H2,1H3,(H,35,36)/t25-,30?/m1/s1. The first kappa shape index (κ1) is 27.0.